The van der Waals surface area contributed by atoms with Gasteiger partial charge in [0.25, 0.3) is 0 Å². The van der Waals surface area contributed by atoms with Crippen molar-refractivity contribution in [2.75, 3.05) is 0 Å². The van der Waals surface area contributed by atoms with Gasteiger partial charge in [-0.3, -0.25) is 0 Å². The number of aromatic hydroxyl groups is 2. The molecule has 0 radical (unpaired) electrons. The van der Waals surface area contributed by atoms with Crippen LogP contribution in [0.15, 0.2) is 21.1 Å². The van der Waals surface area contributed by atoms with E-state index in [-0.39, 0.29) is 10.2 Å². The number of aromatic carboxylic acids is 1. The van der Waals surface area contributed by atoms with E-state index in [1.54, 1.807) is 0 Å². The third-order valence-corrected chi connectivity index (χ3v) is 2.73. The second kappa shape index (κ2) is 4.30. The standard InChI is InChI=1S/C10H5BrFNO5/c11-3-1-5(14)9(15)7(8(3)12)4-2-6(10(16)17)18-13-4/h1-2,14-15H,(H,16,17). The Morgan fingerprint density at radius 3 is 2.61 bits per heavy atom. The molecule has 0 fully saturated rings. The summed E-state index contributed by atoms with van der Waals surface area (Å²) in [5, 5.41) is 30.9. The molecule has 0 amide bonds. The predicted molar refractivity (Wildman–Crippen MR) is 59.9 cm³/mol. The molecule has 0 aliphatic rings. The molecule has 2 rings (SSSR count). The first-order valence-corrected chi connectivity index (χ1v) is 5.31. The number of hydrogen-bond acceptors (Lipinski definition) is 5. The molecule has 2 aromatic rings. The number of carboxylic acid groups (broad SMARTS) is 1. The first-order valence-electron chi connectivity index (χ1n) is 4.52. The average molecular weight is 318 g/mol. The summed E-state index contributed by atoms with van der Waals surface area (Å²) in [6, 6.07) is 1.90. The zero-order valence-corrected chi connectivity index (χ0v) is 10.1. The highest BCUT2D eigenvalue weighted by atomic mass is 79.9. The molecule has 0 bridgehead atoms. The van der Waals surface area contributed by atoms with Gasteiger partial charge in [0, 0.05) is 12.1 Å². The fourth-order valence-electron chi connectivity index (χ4n) is 1.33. The molecule has 3 N–H and O–H groups in total. The zero-order chi connectivity index (χ0) is 13.4. The SMILES string of the molecule is O=C(O)c1cc(-c2c(O)c(O)cc(Br)c2F)no1. The van der Waals surface area contributed by atoms with E-state index in [1.165, 1.54) is 0 Å². The van der Waals surface area contributed by atoms with E-state index in [1.807, 2.05) is 0 Å². The maximum absolute atomic E-state index is 13.8. The van der Waals surface area contributed by atoms with Gasteiger partial charge in [-0.15, -0.1) is 0 Å². The second-order valence-corrected chi connectivity index (χ2v) is 4.15. The Hall–Kier alpha value is -2.09. The molecule has 94 valence electrons. The van der Waals surface area contributed by atoms with E-state index in [0.29, 0.717) is 0 Å². The van der Waals surface area contributed by atoms with Gasteiger partial charge < -0.3 is 19.8 Å². The molecular formula is C10H5BrFNO5. The quantitative estimate of drug-likeness (QED) is 0.734. The van der Waals surface area contributed by atoms with E-state index >= 15 is 0 Å². The number of hydrogen-bond donors (Lipinski definition) is 3. The zero-order valence-electron chi connectivity index (χ0n) is 8.52. The first-order chi connectivity index (χ1) is 8.41. The highest BCUT2D eigenvalue weighted by Crippen LogP contribution is 2.41. The Balaban J connectivity index is 2.66. The highest BCUT2D eigenvalue weighted by Gasteiger charge is 2.22. The van der Waals surface area contributed by atoms with Crippen LogP contribution in [0.25, 0.3) is 11.3 Å². The van der Waals surface area contributed by atoms with Crippen LogP contribution in [0.1, 0.15) is 10.6 Å². The lowest BCUT2D eigenvalue weighted by atomic mass is 10.1. The minimum absolute atomic E-state index is 0.104. The van der Waals surface area contributed by atoms with Crippen molar-refractivity contribution < 1.29 is 29.0 Å². The fraction of sp³-hybridized carbons (Fsp3) is 0. The van der Waals surface area contributed by atoms with Gasteiger partial charge in [-0.25, -0.2) is 9.18 Å². The third kappa shape index (κ3) is 1.90. The molecule has 1 heterocycles. The van der Waals surface area contributed by atoms with Gasteiger partial charge in [0.2, 0.25) is 5.76 Å². The van der Waals surface area contributed by atoms with Gasteiger partial charge in [-0.2, -0.15) is 0 Å². The summed E-state index contributed by atoms with van der Waals surface area (Å²) in [6.45, 7) is 0. The van der Waals surface area contributed by atoms with E-state index in [9.17, 15) is 19.4 Å². The predicted octanol–water partition coefficient (Wildman–Crippen LogP) is 2.35. The van der Waals surface area contributed by atoms with Gasteiger partial charge in [0.1, 0.15) is 5.69 Å². The van der Waals surface area contributed by atoms with Crippen molar-refractivity contribution in [2.24, 2.45) is 0 Å². The van der Waals surface area contributed by atoms with Crippen LogP contribution in [0, 0.1) is 5.82 Å². The van der Waals surface area contributed by atoms with Crippen molar-refractivity contribution in [2.45, 2.75) is 0 Å². The molecule has 0 aliphatic carbocycles. The van der Waals surface area contributed by atoms with Crippen LogP contribution in [0.3, 0.4) is 0 Å². The van der Waals surface area contributed by atoms with Crippen LogP contribution in [-0.2, 0) is 0 Å². The van der Waals surface area contributed by atoms with Gasteiger partial charge in [0.05, 0.1) is 10.0 Å². The van der Waals surface area contributed by atoms with E-state index in [2.05, 4.69) is 25.6 Å². The molecule has 0 saturated carbocycles. The topological polar surface area (TPSA) is 104 Å². The fourth-order valence-corrected chi connectivity index (χ4v) is 1.75. The average Bonchev–Trinajstić information content (AvgIpc) is 2.76. The lowest BCUT2D eigenvalue weighted by Gasteiger charge is -2.06. The summed E-state index contributed by atoms with van der Waals surface area (Å²) in [5.41, 5.74) is -0.683. The molecule has 0 unspecified atom stereocenters. The van der Waals surface area contributed by atoms with Crippen molar-refractivity contribution in [3.8, 4) is 22.8 Å². The van der Waals surface area contributed by atoms with Crippen LogP contribution in [0.2, 0.25) is 0 Å². The Bertz CT molecular complexity index is 613. The Morgan fingerprint density at radius 1 is 1.39 bits per heavy atom. The number of rotatable bonds is 2. The van der Waals surface area contributed by atoms with Gasteiger partial charge in [0.15, 0.2) is 17.3 Å². The summed E-state index contributed by atoms with van der Waals surface area (Å²) >= 11 is 2.84. The summed E-state index contributed by atoms with van der Waals surface area (Å²) in [5.74, 6) is -4.11. The van der Waals surface area contributed by atoms with Gasteiger partial charge in [-0.1, -0.05) is 5.16 Å². The molecule has 0 saturated heterocycles. The van der Waals surface area contributed by atoms with E-state index < -0.39 is 34.6 Å². The maximum Gasteiger partial charge on any atom is 0.374 e. The summed E-state index contributed by atoms with van der Waals surface area (Å²) in [7, 11) is 0. The van der Waals surface area contributed by atoms with Crippen molar-refractivity contribution in [1.29, 1.82) is 0 Å². The lowest BCUT2D eigenvalue weighted by Crippen LogP contribution is -1.92. The number of halogens is 2. The molecule has 1 aromatic heterocycles. The van der Waals surface area contributed by atoms with Crippen LogP contribution >= 0.6 is 15.9 Å². The number of benzene rings is 1. The van der Waals surface area contributed by atoms with E-state index in [4.69, 9.17) is 5.11 Å². The largest absolute Gasteiger partial charge is 0.504 e. The minimum Gasteiger partial charge on any atom is -0.504 e. The molecule has 0 aliphatic heterocycles. The minimum atomic E-state index is -1.38. The Labute approximate surface area is 107 Å². The van der Waals surface area contributed by atoms with Crippen molar-refractivity contribution in [3.05, 3.63) is 28.2 Å². The Kier molecular flexibility index (Phi) is 2.95. The highest BCUT2D eigenvalue weighted by molar-refractivity contribution is 9.10. The summed E-state index contributed by atoms with van der Waals surface area (Å²) in [6.07, 6.45) is 0. The normalized spacial score (nSPS) is 10.6. The first kappa shape index (κ1) is 12.4. The van der Waals surface area contributed by atoms with Crippen molar-refractivity contribution in [1.82, 2.24) is 5.16 Å². The molecule has 0 spiro atoms. The summed E-state index contributed by atoms with van der Waals surface area (Å²) < 4.78 is 18.1. The van der Waals surface area contributed by atoms with Crippen molar-refractivity contribution >= 4 is 21.9 Å². The maximum atomic E-state index is 13.8. The second-order valence-electron chi connectivity index (χ2n) is 3.30. The van der Waals surface area contributed by atoms with Crippen LogP contribution in [-0.4, -0.2) is 26.4 Å². The third-order valence-electron chi connectivity index (χ3n) is 2.15. The van der Waals surface area contributed by atoms with Crippen molar-refractivity contribution in [3.63, 3.8) is 0 Å². The Morgan fingerprint density at radius 2 is 2.06 bits per heavy atom. The van der Waals surface area contributed by atoms with E-state index in [0.717, 1.165) is 12.1 Å². The molecule has 1 aromatic carbocycles. The van der Waals surface area contributed by atoms with Crippen LogP contribution in [0.5, 0.6) is 11.5 Å². The molecule has 8 heteroatoms. The number of carboxylic acids is 1. The van der Waals surface area contributed by atoms with Gasteiger partial charge >= 0.3 is 5.97 Å². The van der Waals surface area contributed by atoms with Crippen LogP contribution in [0.4, 0.5) is 4.39 Å². The monoisotopic (exact) mass is 317 g/mol. The molecule has 6 nitrogen and oxygen atoms in total. The molecule has 0 atom stereocenters. The number of phenolic OH excluding ortho intramolecular Hbond substituents is 2. The number of aromatic nitrogens is 1. The number of phenols is 2. The summed E-state index contributed by atoms with van der Waals surface area (Å²) in [4.78, 5) is 10.6. The molecular weight excluding hydrogens is 313 g/mol. The number of carbonyl (C=O) groups is 1. The van der Waals surface area contributed by atoms with Gasteiger partial charge in [-0.05, 0) is 15.9 Å². The molecule has 18 heavy (non-hydrogen) atoms. The van der Waals surface area contributed by atoms with Crippen LogP contribution < -0.4 is 0 Å². The number of nitrogens with zero attached hydrogens (tertiary/aromatic N) is 1. The lowest BCUT2D eigenvalue weighted by molar-refractivity contribution is 0.0652. The smallest absolute Gasteiger partial charge is 0.374 e.